The molecule has 0 bridgehead atoms. The van der Waals surface area contributed by atoms with E-state index in [2.05, 4.69) is 29.9 Å². The number of carbonyl (C=O) groups excluding carboxylic acids is 1. The number of halogens is 1. The molecule has 0 N–H and O–H groups in total. The first-order chi connectivity index (χ1) is 16.2. The smallest absolute Gasteiger partial charge is 0.254 e. The molecule has 7 nitrogen and oxygen atoms in total. The van der Waals surface area contributed by atoms with E-state index in [1.54, 1.807) is 19.5 Å². The number of benzene rings is 1. The maximum Gasteiger partial charge on any atom is 0.254 e. The average Bonchev–Trinajstić information content (AvgIpc) is 3.59. The SMILES string of the molecule is COC(C)(C)C(=O)N1C[C@H](C)N(c2ncnc3c2c(C2CC2)cn3-c2cccc(F)c2)C[C@H]1C. The van der Waals surface area contributed by atoms with E-state index in [1.165, 1.54) is 17.7 Å². The van der Waals surface area contributed by atoms with Gasteiger partial charge in [-0.2, -0.15) is 0 Å². The normalized spacial score (nSPS) is 21.4. The van der Waals surface area contributed by atoms with Gasteiger partial charge in [0.1, 0.15) is 29.2 Å². The predicted octanol–water partition coefficient (Wildman–Crippen LogP) is 4.29. The van der Waals surface area contributed by atoms with Crippen LogP contribution in [-0.2, 0) is 9.53 Å². The molecule has 34 heavy (non-hydrogen) atoms. The maximum absolute atomic E-state index is 14.0. The molecular weight excluding hydrogens is 433 g/mol. The highest BCUT2D eigenvalue weighted by Gasteiger charge is 2.40. The molecule has 180 valence electrons. The van der Waals surface area contributed by atoms with Crippen LogP contribution in [0.3, 0.4) is 0 Å². The number of rotatable bonds is 5. The third-order valence-electron chi connectivity index (χ3n) is 7.24. The number of aromatic nitrogens is 3. The molecule has 0 unspecified atom stereocenters. The van der Waals surface area contributed by atoms with Crippen LogP contribution in [0.4, 0.5) is 10.2 Å². The molecular formula is C26H32FN5O2. The summed E-state index contributed by atoms with van der Waals surface area (Å²) in [5, 5.41) is 1.03. The molecule has 3 aromatic rings. The van der Waals surface area contributed by atoms with Crippen LogP contribution >= 0.6 is 0 Å². The fourth-order valence-electron chi connectivity index (χ4n) is 4.96. The molecule has 1 saturated heterocycles. The van der Waals surface area contributed by atoms with Gasteiger partial charge in [0.15, 0.2) is 0 Å². The summed E-state index contributed by atoms with van der Waals surface area (Å²) in [5.41, 5.74) is 1.89. The van der Waals surface area contributed by atoms with Crippen molar-refractivity contribution in [2.24, 2.45) is 0 Å². The van der Waals surface area contributed by atoms with Gasteiger partial charge in [0.2, 0.25) is 0 Å². The summed E-state index contributed by atoms with van der Waals surface area (Å²) in [5.74, 6) is 1.08. The van der Waals surface area contributed by atoms with Gasteiger partial charge in [0, 0.05) is 44.2 Å². The van der Waals surface area contributed by atoms with Crippen molar-refractivity contribution in [3.05, 3.63) is 48.2 Å². The first-order valence-corrected chi connectivity index (χ1v) is 12.0. The van der Waals surface area contributed by atoms with Crippen molar-refractivity contribution >= 4 is 22.8 Å². The number of nitrogens with zero attached hydrogens (tertiary/aromatic N) is 5. The Morgan fingerprint density at radius 3 is 2.59 bits per heavy atom. The zero-order valence-electron chi connectivity index (χ0n) is 20.5. The second kappa shape index (κ2) is 8.34. The lowest BCUT2D eigenvalue weighted by atomic mass is 10.0. The van der Waals surface area contributed by atoms with Crippen LogP contribution < -0.4 is 4.90 Å². The Morgan fingerprint density at radius 1 is 1.15 bits per heavy atom. The van der Waals surface area contributed by atoms with Gasteiger partial charge in [-0.05, 0) is 70.2 Å². The quantitative estimate of drug-likeness (QED) is 0.563. The standard InChI is InChI=1S/C26H32FN5O2/c1-16-13-31(25(33)26(3,4)34-5)17(2)12-30(16)23-22-21(18-9-10-18)14-32(24(22)29-15-28-23)20-8-6-7-19(27)11-20/h6-8,11,14-18H,9-10,12-13H2,1-5H3/t16-,17+/m0/s1. The molecule has 1 aliphatic heterocycles. The molecule has 3 heterocycles. The molecule has 1 saturated carbocycles. The number of carbonyl (C=O) groups is 1. The van der Waals surface area contributed by atoms with E-state index in [0.717, 1.165) is 35.4 Å². The molecule has 1 aliphatic carbocycles. The molecule has 5 rings (SSSR count). The highest BCUT2D eigenvalue weighted by Crippen LogP contribution is 2.46. The Labute approximate surface area is 199 Å². The second-order valence-electron chi connectivity index (χ2n) is 10.1. The highest BCUT2D eigenvalue weighted by molar-refractivity contribution is 5.93. The molecule has 0 spiro atoms. The van der Waals surface area contributed by atoms with Crippen molar-refractivity contribution in [1.82, 2.24) is 19.4 Å². The van der Waals surface area contributed by atoms with E-state index >= 15 is 0 Å². The number of methoxy groups -OCH3 is 1. The summed E-state index contributed by atoms with van der Waals surface area (Å²) >= 11 is 0. The number of amides is 1. The summed E-state index contributed by atoms with van der Waals surface area (Å²) in [7, 11) is 1.57. The average molecular weight is 466 g/mol. The maximum atomic E-state index is 14.0. The molecule has 1 aromatic carbocycles. The van der Waals surface area contributed by atoms with Crippen LogP contribution in [0, 0.1) is 5.82 Å². The minimum atomic E-state index is -0.861. The first-order valence-electron chi connectivity index (χ1n) is 12.0. The molecule has 2 atom stereocenters. The van der Waals surface area contributed by atoms with Gasteiger partial charge in [0.25, 0.3) is 5.91 Å². The minimum Gasteiger partial charge on any atom is -0.369 e. The Balaban J connectivity index is 1.55. The Bertz CT molecular complexity index is 1240. The fraction of sp³-hybridized carbons (Fsp3) is 0.500. The molecule has 2 aromatic heterocycles. The van der Waals surface area contributed by atoms with Crippen molar-refractivity contribution < 1.29 is 13.9 Å². The number of ether oxygens (including phenoxy) is 1. The highest BCUT2D eigenvalue weighted by atomic mass is 19.1. The van der Waals surface area contributed by atoms with Crippen LogP contribution in [0.1, 0.15) is 52.0 Å². The van der Waals surface area contributed by atoms with Crippen LogP contribution in [0.15, 0.2) is 36.8 Å². The van der Waals surface area contributed by atoms with E-state index in [4.69, 9.17) is 9.72 Å². The van der Waals surface area contributed by atoms with Crippen LogP contribution in [0.5, 0.6) is 0 Å². The van der Waals surface area contributed by atoms with Gasteiger partial charge >= 0.3 is 0 Å². The van der Waals surface area contributed by atoms with Crippen molar-refractivity contribution in [1.29, 1.82) is 0 Å². The summed E-state index contributed by atoms with van der Waals surface area (Å²) in [6.07, 6.45) is 5.96. The van der Waals surface area contributed by atoms with E-state index in [1.807, 2.05) is 29.4 Å². The van der Waals surface area contributed by atoms with Gasteiger partial charge in [-0.15, -0.1) is 0 Å². The molecule has 2 aliphatic rings. The lowest BCUT2D eigenvalue weighted by Gasteiger charge is -2.46. The largest absolute Gasteiger partial charge is 0.369 e. The van der Waals surface area contributed by atoms with E-state index < -0.39 is 5.60 Å². The van der Waals surface area contributed by atoms with Crippen LogP contribution in [0.2, 0.25) is 0 Å². The predicted molar refractivity (Wildman–Crippen MR) is 130 cm³/mol. The molecule has 2 fully saturated rings. The topological polar surface area (TPSA) is 63.5 Å². The minimum absolute atomic E-state index is 0.00202. The Morgan fingerprint density at radius 2 is 1.91 bits per heavy atom. The van der Waals surface area contributed by atoms with Crippen molar-refractivity contribution in [2.75, 3.05) is 25.1 Å². The first kappa shape index (κ1) is 22.8. The third kappa shape index (κ3) is 3.83. The monoisotopic (exact) mass is 465 g/mol. The molecule has 8 heteroatoms. The zero-order valence-corrected chi connectivity index (χ0v) is 20.5. The Hall–Kier alpha value is -3.00. The number of fused-ring (bicyclic) bond motifs is 1. The summed E-state index contributed by atoms with van der Waals surface area (Å²) in [6.45, 7) is 9.06. The number of piperazine rings is 1. The number of hydrogen-bond donors (Lipinski definition) is 0. The van der Waals surface area contributed by atoms with Gasteiger partial charge in [-0.25, -0.2) is 14.4 Å². The summed E-state index contributed by atoms with van der Waals surface area (Å²) in [4.78, 5) is 26.7. The number of anilines is 1. The number of hydrogen-bond acceptors (Lipinski definition) is 5. The van der Waals surface area contributed by atoms with E-state index in [-0.39, 0.29) is 23.8 Å². The lowest BCUT2D eigenvalue weighted by Crippen LogP contribution is -2.62. The van der Waals surface area contributed by atoms with Crippen molar-refractivity contribution in [2.45, 2.75) is 64.1 Å². The molecule has 0 radical (unpaired) electrons. The van der Waals surface area contributed by atoms with Crippen LogP contribution in [-0.4, -0.2) is 63.2 Å². The fourth-order valence-corrected chi connectivity index (χ4v) is 4.96. The third-order valence-corrected chi connectivity index (χ3v) is 7.24. The van der Waals surface area contributed by atoms with Crippen molar-refractivity contribution in [3.8, 4) is 5.69 Å². The van der Waals surface area contributed by atoms with E-state index in [0.29, 0.717) is 19.0 Å². The Kier molecular flexibility index (Phi) is 5.59. The summed E-state index contributed by atoms with van der Waals surface area (Å²) < 4.78 is 21.4. The van der Waals surface area contributed by atoms with Crippen molar-refractivity contribution in [3.63, 3.8) is 0 Å². The van der Waals surface area contributed by atoms with Gasteiger partial charge in [-0.3, -0.25) is 4.79 Å². The lowest BCUT2D eigenvalue weighted by molar-refractivity contribution is -0.154. The summed E-state index contributed by atoms with van der Waals surface area (Å²) in [6, 6.07) is 6.66. The van der Waals surface area contributed by atoms with Gasteiger partial charge in [0.05, 0.1) is 5.39 Å². The molecule has 1 amide bonds. The second-order valence-corrected chi connectivity index (χ2v) is 10.1. The van der Waals surface area contributed by atoms with Crippen LogP contribution in [0.25, 0.3) is 16.7 Å². The zero-order chi connectivity index (χ0) is 24.2. The van der Waals surface area contributed by atoms with Gasteiger partial charge < -0.3 is 19.1 Å². The van der Waals surface area contributed by atoms with E-state index in [9.17, 15) is 9.18 Å². The van der Waals surface area contributed by atoms with Gasteiger partial charge in [-0.1, -0.05) is 6.07 Å².